The Morgan fingerprint density at radius 1 is 1.47 bits per heavy atom. The molecule has 0 heterocycles. The van der Waals surface area contributed by atoms with Crippen LogP contribution < -0.4 is 4.74 Å². The predicted octanol–water partition coefficient (Wildman–Crippen LogP) is 2.88. The first-order valence-corrected chi connectivity index (χ1v) is 5.62. The van der Waals surface area contributed by atoms with E-state index in [-0.39, 0.29) is 12.8 Å². The van der Waals surface area contributed by atoms with Crippen LogP contribution in [0.3, 0.4) is 0 Å². The molecular weight excluding hydrogens is 223 g/mol. The molecule has 0 saturated carbocycles. The zero-order valence-corrected chi connectivity index (χ0v) is 10.1. The molecule has 0 bridgehead atoms. The smallest absolute Gasteiger partial charge is 0.303 e. The van der Waals surface area contributed by atoms with Gasteiger partial charge in [0, 0.05) is 12.5 Å². The minimum Gasteiger partial charge on any atom is -0.493 e. The number of ether oxygens (including phenoxy) is 1. The molecule has 0 unspecified atom stereocenters. The molecule has 0 radical (unpaired) electrons. The number of hydrogen-bond acceptors (Lipinski definition) is 2. The van der Waals surface area contributed by atoms with E-state index in [1.54, 1.807) is 12.1 Å². The standard InChI is InChI=1S/C13H17FO3/c1-9(2)8-17-11-5-3-10(12(14)7-11)4-6-13(15)16/h3,5,7,9H,4,6,8H2,1-2H3,(H,15,16). The van der Waals surface area contributed by atoms with E-state index in [9.17, 15) is 9.18 Å². The molecular formula is C13H17FO3. The molecule has 0 fully saturated rings. The summed E-state index contributed by atoms with van der Waals surface area (Å²) in [6.07, 6.45) is 0.134. The van der Waals surface area contributed by atoms with Crippen LogP contribution in [0.25, 0.3) is 0 Å². The van der Waals surface area contributed by atoms with Crippen molar-refractivity contribution < 1.29 is 19.0 Å². The van der Waals surface area contributed by atoms with Crippen molar-refractivity contribution in [2.45, 2.75) is 26.7 Å². The van der Waals surface area contributed by atoms with E-state index in [0.717, 1.165) is 0 Å². The van der Waals surface area contributed by atoms with E-state index in [1.165, 1.54) is 6.07 Å². The van der Waals surface area contributed by atoms with Crippen molar-refractivity contribution >= 4 is 5.97 Å². The number of halogens is 1. The Morgan fingerprint density at radius 2 is 2.18 bits per heavy atom. The number of carboxylic acid groups (broad SMARTS) is 1. The fraction of sp³-hybridized carbons (Fsp3) is 0.462. The molecule has 0 spiro atoms. The van der Waals surface area contributed by atoms with Gasteiger partial charge < -0.3 is 9.84 Å². The van der Waals surface area contributed by atoms with Crippen molar-refractivity contribution in [3.05, 3.63) is 29.6 Å². The van der Waals surface area contributed by atoms with Gasteiger partial charge in [-0.05, 0) is 24.0 Å². The third-order valence-corrected chi connectivity index (χ3v) is 2.22. The van der Waals surface area contributed by atoms with Gasteiger partial charge in [-0.25, -0.2) is 4.39 Å². The summed E-state index contributed by atoms with van der Waals surface area (Å²) in [5.41, 5.74) is 0.407. The third kappa shape index (κ3) is 4.85. The highest BCUT2D eigenvalue weighted by atomic mass is 19.1. The molecule has 0 atom stereocenters. The number of aliphatic carboxylic acids is 1. The Kier molecular flexibility index (Phi) is 4.94. The molecule has 1 rings (SSSR count). The lowest BCUT2D eigenvalue weighted by Crippen LogP contribution is -2.05. The van der Waals surface area contributed by atoms with Gasteiger partial charge in [-0.3, -0.25) is 4.79 Å². The highest BCUT2D eigenvalue weighted by Crippen LogP contribution is 2.18. The van der Waals surface area contributed by atoms with Crippen LogP contribution in [0.5, 0.6) is 5.75 Å². The molecule has 3 nitrogen and oxygen atoms in total. The lowest BCUT2D eigenvalue weighted by molar-refractivity contribution is -0.136. The van der Waals surface area contributed by atoms with E-state index in [0.29, 0.717) is 23.8 Å². The molecule has 0 aliphatic heterocycles. The van der Waals surface area contributed by atoms with Gasteiger partial charge in [0.2, 0.25) is 0 Å². The van der Waals surface area contributed by atoms with Crippen molar-refractivity contribution in [1.82, 2.24) is 0 Å². The van der Waals surface area contributed by atoms with Crippen molar-refractivity contribution in [3.8, 4) is 5.75 Å². The van der Waals surface area contributed by atoms with Gasteiger partial charge in [0.1, 0.15) is 11.6 Å². The Balaban J connectivity index is 2.62. The highest BCUT2D eigenvalue weighted by molar-refractivity contribution is 5.67. The van der Waals surface area contributed by atoms with E-state index >= 15 is 0 Å². The minimum atomic E-state index is -0.926. The van der Waals surface area contributed by atoms with Crippen LogP contribution in [0.1, 0.15) is 25.8 Å². The van der Waals surface area contributed by atoms with Crippen LogP contribution >= 0.6 is 0 Å². The zero-order valence-electron chi connectivity index (χ0n) is 10.1. The van der Waals surface area contributed by atoms with Crippen LogP contribution in [-0.4, -0.2) is 17.7 Å². The van der Waals surface area contributed by atoms with Crippen LogP contribution in [0.4, 0.5) is 4.39 Å². The van der Waals surface area contributed by atoms with E-state index in [4.69, 9.17) is 9.84 Å². The number of benzene rings is 1. The topological polar surface area (TPSA) is 46.5 Å². The van der Waals surface area contributed by atoms with Crippen LogP contribution in [0, 0.1) is 11.7 Å². The molecule has 1 aromatic carbocycles. The van der Waals surface area contributed by atoms with Crippen molar-refractivity contribution in [2.24, 2.45) is 5.92 Å². The lowest BCUT2D eigenvalue weighted by Gasteiger charge is -2.09. The van der Waals surface area contributed by atoms with Crippen LogP contribution in [0.2, 0.25) is 0 Å². The fourth-order valence-electron chi connectivity index (χ4n) is 1.33. The Morgan fingerprint density at radius 3 is 2.71 bits per heavy atom. The van der Waals surface area contributed by atoms with Crippen LogP contribution in [-0.2, 0) is 11.2 Å². The summed E-state index contributed by atoms with van der Waals surface area (Å²) in [5, 5.41) is 8.52. The molecule has 94 valence electrons. The first kappa shape index (κ1) is 13.5. The molecule has 0 saturated heterocycles. The number of aryl methyl sites for hydroxylation is 1. The summed E-state index contributed by atoms with van der Waals surface area (Å²) >= 11 is 0. The number of rotatable bonds is 6. The second kappa shape index (κ2) is 6.23. The normalized spacial score (nSPS) is 10.6. The minimum absolute atomic E-state index is 0.0664. The Bertz CT molecular complexity index is 388. The Hall–Kier alpha value is -1.58. The number of carboxylic acids is 1. The SMILES string of the molecule is CC(C)COc1ccc(CCC(=O)O)c(F)c1. The van der Waals surface area contributed by atoms with E-state index in [1.807, 2.05) is 13.8 Å². The summed E-state index contributed by atoms with van der Waals surface area (Å²) in [6.45, 7) is 4.56. The molecule has 0 aliphatic rings. The molecule has 4 heteroatoms. The van der Waals surface area contributed by atoms with Gasteiger partial charge in [-0.1, -0.05) is 19.9 Å². The van der Waals surface area contributed by atoms with Gasteiger partial charge in [0.05, 0.1) is 6.61 Å². The van der Waals surface area contributed by atoms with E-state index in [2.05, 4.69) is 0 Å². The third-order valence-electron chi connectivity index (χ3n) is 2.22. The Labute approximate surface area is 100 Å². The van der Waals surface area contributed by atoms with Crippen LogP contribution in [0.15, 0.2) is 18.2 Å². The molecule has 0 aliphatic carbocycles. The second-order valence-corrected chi connectivity index (χ2v) is 4.35. The summed E-state index contributed by atoms with van der Waals surface area (Å²) in [6, 6.07) is 4.55. The highest BCUT2D eigenvalue weighted by Gasteiger charge is 2.07. The average molecular weight is 240 g/mol. The van der Waals surface area contributed by atoms with Gasteiger partial charge >= 0.3 is 5.97 Å². The van der Waals surface area contributed by atoms with Crippen molar-refractivity contribution in [2.75, 3.05) is 6.61 Å². The van der Waals surface area contributed by atoms with Crippen molar-refractivity contribution in [1.29, 1.82) is 0 Å². The summed E-state index contributed by atoms with van der Waals surface area (Å²) < 4.78 is 18.9. The van der Waals surface area contributed by atoms with Gasteiger partial charge in [0.15, 0.2) is 0 Å². The largest absolute Gasteiger partial charge is 0.493 e. The maximum absolute atomic E-state index is 13.6. The molecule has 1 N–H and O–H groups in total. The summed E-state index contributed by atoms with van der Waals surface area (Å²) in [7, 11) is 0. The maximum Gasteiger partial charge on any atom is 0.303 e. The number of carbonyl (C=O) groups is 1. The van der Waals surface area contributed by atoms with E-state index < -0.39 is 11.8 Å². The average Bonchev–Trinajstić information content (AvgIpc) is 2.24. The predicted molar refractivity (Wildman–Crippen MR) is 62.7 cm³/mol. The quantitative estimate of drug-likeness (QED) is 0.831. The molecule has 17 heavy (non-hydrogen) atoms. The fourth-order valence-corrected chi connectivity index (χ4v) is 1.33. The summed E-state index contributed by atoms with van der Waals surface area (Å²) in [5.74, 6) is -0.475. The van der Waals surface area contributed by atoms with Gasteiger partial charge in [-0.2, -0.15) is 0 Å². The first-order valence-electron chi connectivity index (χ1n) is 5.62. The van der Waals surface area contributed by atoms with Gasteiger partial charge in [-0.15, -0.1) is 0 Å². The first-order chi connectivity index (χ1) is 7.99. The molecule has 0 aromatic heterocycles. The van der Waals surface area contributed by atoms with Gasteiger partial charge in [0.25, 0.3) is 0 Å². The monoisotopic (exact) mass is 240 g/mol. The molecule has 0 amide bonds. The number of hydrogen-bond donors (Lipinski definition) is 1. The molecule has 1 aromatic rings. The van der Waals surface area contributed by atoms with Crippen molar-refractivity contribution in [3.63, 3.8) is 0 Å². The maximum atomic E-state index is 13.6. The zero-order chi connectivity index (χ0) is 12.8. The lowest BCUT2D eigenvalue weighted by atomic mass is 10.1. The second-order valence-electron chi connectivity index (χ2n) is 4.35. The summed E-state index contributed by atoms with van der Waals surface area (Å²) in [4.78, 5) is 10.4.